The molecule has 0 radical (unpaired) electrons. The highest BCUT2D eigenvalue weighted by Crippen LogP contribution is 2.44. The summed E-state index contributed by atoms with van der Waals surface area (Å²) in [6.45, 7) is 4.85. The molecule has 1 heterocycles. The van der Waals surface area contributed by atoms with Gasteiger partial charge in [0.1, 0.15) is 0 Å². The van der Waals surface area contributed by atoms with Crippen LogP contribution in [0.25, 0.3) is 0 Å². The van der Waals surface area contributed by atoms with Crippen LogP contribution in [0.5, 0.6) is 0 Å². The van der Waals surface area contributed by atoms with Crippen molar-refractivity contribution in [2.45, 2.75) is 44.4 Å². The Kier molecular flexibility index (Phi) is 2.90. The lowest BCUT2D eigenvalue weighted by molar-refractivity contribution is -0.331. The van der Waals surface area contributed by atoms with Crippen LogP contribution in [0.4, 0.5) is 13.2 Å². The zero-order chi connectivity index (χ0) is 11.9. The second kappa shape index (κ2) is 3.48. The molecule has 1 unspecified atom stereocenters. The van der Waals surface area contributed by atoms with Gasteiger partial charge >= 0.3 is 17.9 Å². The fraction of sp³-hybridized carbons (Fsp3) is 0.875. The average Bonchev–Trinajstić information content (AvgIpc) is 2.27. The van der Waals surface area contributed by atoms with Crippen LogP contribution in [-0.4, -0.2) is 26.3 Å². The summed E-state index contributed by atoms with van der Waals surface area (Å²) >= 11 is 0. The van der Waals surface area contributed by atoms with Crippen molar-refractivity contribution in [1.82, 2.24) is 0 Å². The molecular formula is C8H13F3O3Si. The van der Waals surface area contributed by atoms with Gasteiger partial charge < -0.3 is 9.16 Å². The maximum atomic E-state index is 12.7. The molecular weight excluding hydrogens is 229 g/mol. The lowest BCUT2D eigenvalue weighted by Crippen LogP contribution is -2.53. The Balaban J connectivity index is 2.94. The summed E-state index contributed by atoms with van der Waals surface area (Å²) in [5, 5.41) is 0. The topological polar surface area (TPSA) is 35.5 Å². The van der Waals surface area contributed by atoms with Crippen LogP contribution in [0.15, 0.2) is 0 Å². The van der Waals surface area contributed by atoms with Crippen molar-refractivity contribution in [1.29, 1.82) is 0 Å². The smallest absolute Gasteiger partial charge is 0.424 e. The standard InChI is InChI=1S/C8H13F3O3Si/c1-15(2,3)14-7(8(9,10)11)5-4-6(12)13-7/h4-5H2,1-3H3. The summed E-state index contributed by atoms with van der Waals surface area (Å²) in [6.07, 6.45) is -5.36. The largest absolute Gasteiger partial charge is 0.454 e. The van der Waals surface area contributed by atoms with E-state index in [9.17, 15) is 18.0 Å². The summed E-state index contributed by atoms with van der Waals surface area (Å²) in [4.78, 5) is 10.8. The monoisotopic (exact) mass is 242 g/mol. The van der Waals surface area contributed by atoms with Crippen molar-refractivity contribution in [3.8, 4) is 0 Å². The molecule has 0 spiro atoms. The van der Waals surface area contributed by atoms with E-state index >= 15 is 0 Å². The molecule has 0 saturated carbocycles. The number of carbonyl (C=O) groups excluding carboxylic acids is 1. The molecule has 7 heteroatoms. The minimum Gasteiger partial charge on any atom is -0.424 e. The quantitative estimate of drug-likeness (QED) is 0.551. The average molecular weight is 242 g/mol. The van der Waals surface area contributed by atoms with Crippen molar-refractivity contribution < 1.29 is 27.1 Å². The molecule has 1 aliphatic rings. The molecule has 0 bridgehead atoms. The summed E-state index contributed by atoms with van der Waals surface area (Å²) in [5.41, 5.74) is 0. The van der Waals surface area contributed by atoms with Gasteiger partial charge in [-0.05, 0) is 19.6 Å². The van der Waals surface area contributed by atoms with E-state index in [-0.39, 0.29) is 6.42 Å². The molecule has 1 rings (SSSR count). The number of carbonyl (C=O) groups is 1. The van der Waals surface area contributed by atoms with Gasteiger partial charge in [0.25, 0.3) is 0 Å². The Labute approximate surface area is 86.7 Å². The van der Waals surface area contributed by atoms with Crippen molar-refractivity contribution in [2.75, 3.05) is 0 Å². The molecule has 0 aromatic heterocycles. The van der Waals surface area contributed by atoms with E-state index in [4.69, 9.17) is 4.43 Å². The van der Waals surface area contributed by atoms with Crippen LogP contribution >= 0.6 is 0 Å². The Morgan fingerprint density at radius 3 is 2.20 bits per heavy atom. The molecule has 15 heavy (non-hydrogen) atoms. The zero-order valence-electron chi connectivity index (χ0n) is 8.77. The van der Waals surface area contributed by atoms with Gasteiger partial charge in [0.2, 0.25) is 0 Å². The lowest BCUT2D eigenvalue weighted by Gasteiger charge is -2.35. The number of alkyl halides is 3. The fourth-order valence-corrected chi connectivity index (χ4v) is 2.63. The molecule has 1 atom stereocenters. The van der Waals surface area contributed by atoms with Crippen LogP contribution < -0.4 is 0 Å². The maximum absolute atomic E-state index is 12.7. The first-order chi connectivity index (χ1) is 6.56. The van der Waals surface area contributed by atoms with E-state index in [1.807, 2.05) is 0 Å². The molecule has 0 N–H and O–H groups in total. The first kappa shape index (κ1) is 12.5. The van der Waals surface area contributed by atoms with Gasteiger partial charge in [-0.15, -0.1) is 0 Å². The Bertz CT molecular complexity index is 271. The minimum absolute atomic E-state index is 0.246. The predicted octanol–water partition coefficient (Wildman–Crippen LogP) is 2.43. The van der Waals surface area contributed by atoms with Gasteiger partial charge in [-0.1, -0.05) is 0 Å². The Morgan fingerprint density at radius 2 is 1.93 bits per heavy atom. The number of hydrogen-bond donors (Lipinski definition) is 0. The predicted molar refractivity (Wildman–Crippen MR) is 48.5 cm³/mol. The van der Waals surface area contributed by atoms with Gasteiger partial charge in [0.05, 0.1) is 6.42 Å². The van der Waals surface area contributed by atoms with Crippen LogP contribution in [0.3, 0.4) is 0 Å². The van der Waals surface area contributed by atoms with Crippen molar-refractivity contribution >= 4 is 14.3 Å². The van der Waals surface area contributed by atoms with Crippen molar-refractivity contribution in [3.63, 3.8) is 0 Å². The van der Waals surface area contributed by atoms with Crippen LogP contribution in [0, 0.1) is 0 Å². The van der Waals surface area contributed by atoms with E-state index in [1.165, 1.54) is 0 Å². The molecule has 0 aliphatic carbocycles. The molecule has 0 aromatic carbocycles. The number of ether oxygens (including phenoxy) is 1. The number of rotatable bonds is 2. The van der Waals surface area contributed by atoms with E-state index in [1.54, 1.807) is 19.6 Å². The van der Waals surface area contributed by atoms with Crippen molar-refractivity contribution in [3.05, 3.63) is 0 Å². The second-order valence-corrected chi connectivity index (χ2v) is 8.87. The number of esters is 1. The lowest BCUT2D eigenvalue weighted by atomic mass is 10.2. The first-order valence-electron chi connectivity index (χ1n) is 4.54. The molecule has 1 saturated heterocycles. The van der Waals surface area contributed by atoms with Crippen LogP contribution in [-0.2, 0) is 14.0 Å². The SMILES string of the molecule is C[Si](C)(C)OC1(C(F)(F)F)CCC(=O)O1. The maximum Gasteiger partial charge on any atom is 0.454 e. The van der Waals surface area contributed by atoms with E-state index < -0.39 is 32.7 Å². The van der Waals surface area contributed by atoms with Gasteiger partial charge in [0, 0.05) is 6.42 Å². The summed E-state index contributed by atoms with van der Waals surface area (Å²) < 4.78 is 47.5. The summed E-state index contributed by atoms with van der Waals surface area (Å²) in [6, 6.07) is 0. The van der Waals surface area contributed by atoms with Gasteiger partial charge in [-0.25, -0.2) is 0 Å². The van der Waals surface area contributed by atoms with Crippen LogP contribution in [0.2, 0.25) is 19.6 Å². The number of hydrogen-bond acceptors (Lipinski definition) is 3. The molecule has 0 aromatic rings. The molecule has 3 nitrogen and oxygen atoms in total. The summed E-state index contributed by atoms with van der Waals surface area (Å²) in [5.74, 6) is -3.56. The van der Waals surface area contributed by atoms with Crippen LogP contribution in [0.1, 0.15) is 12.8 Å². The molecule has 88 valence electrons. The van der Waals surface area contributed by atoms with Crippen molar-refractivity contribution in [2.24, 2.45) is 0 Å². The molecule has 0 amide bonds. The Morgan fingerprint density at radius 1 is 1.40 bits per heavy atom. The van der Waals surface area contributed by atoms with E-state index in [0.717, 1.165) is 0 Å². The normalized spacial score (nSPS) is 28.0. The third-order valence-corrected chi connectivity index (χ3v) is 2.78. The third-order valence-electron chi connectivity index (χ3n) is 1.84. The molecule has 1 aliphatic heterocycles. The second-order valence-electron chi connectivity index (χ2n) is 4.44. The third kappa shape index (κ3) is 2.72. The highest BCUT2D eigenvalue weighted by atomic mass is 28.4. The number of halogens is 3. The van der Waals surface area contributed by atoms with Gasteiger partial charge in [-0.2, -0.15) is 13.2 Å². The minimum atomic E-state index is -4.67. The summed E-state index contributed by atoms with van der Waals surface area (Å²) in [7, 11) is -2.43. The number of cyclic esters (lactones) is 1. The highest BCUT2D eigenvalue weighted by Gasteiger charge is 2.63. The highest BCUT2D eigenvalue weighted by molar-refractivity contribution is 6.69. The molecule has 1 fully saturated rings. The fourth-order valence-electron chi connectivity index (χ4n) is 1.38. The van der Waals surface area contributed by atoms with Gasteiger partial charge in [0.15, 0.2) is 8.32 Å². The first-order valence-corrected chi connectivity index (χ1v) is 7.95. The Hall–Kier alpha value is -0.563. The van der Waals surface area contributed by atoms with Gasteiger partial charge in [-0.3, -0.25) is 4.79 Å². The van der Waals surface area contributed by atoms with E-state index in [2.05, 4.69) is 4.74 Å². The van der Waals surface area contributed by atoms with E-state index in [0.29, 0.717) is 0 Å². The zero-order valence-corrected chi connectivity index (χ0v) is 9.77.